The Bertz CT molecular complexity index is 745. The summed E-state index contributed by atoms with van der Waals surface area (Å²) in [5.41, 5.74) is 2.37. The van der Waals surface area contributed by atoms with E-state index < -0.39 is 6.04 Å². The number of aryl methyl sites for hydroxylation is 1. The first-order chi connectivity index (χ1) is 11.3. The standard InChI is InChI=1S/C18H18Cl2N2O2/c1-11-3-8-15(9-16(11)20)22-18(24)10-17(21-12(2)23)13-4-6-14(19)7-5-13/h3-9,17H,10H2,1-2H3,(H,21,23)(H,22,24). The molecule has 0 spiro atoms. The van der Waals surface area contributed by atoms with Gasteiger partial charge < -0.3 is 10.6 Å². The van der Waals surface area contributed by atoms with Crippen LogP contribution in [0.5, 0.6) is 0 Å². The molecule has 6 heteroatoms. The summed E-state index contributed by atoms with van der Waals surface area (Å²) in [7, 11) is 0. The van der Waals surface area contributed by atoms with Gasteiger partial charge in [-0.25, -0.2) is 0 Å². The summed E-state index contributed by atoms with van der Waals surface area (Å²) in [6, 6.07) is 11.9. The van der Waals surface area contributed by atoms with Crippen LogP contribution in [0.25, 0.3) is 0 Å². The van der Waals surface area contributed by atoms with Gasteiger partial charge in [-0.3, -0.25) is 9.59 Å². The van der Waals surface area contributed by atoms with Crippen molar-refractivity contribution >= 4 is 40.7 Å². The van der Waals surface area contributed by atoms with Crippen LogP contribution in [-0.2, 0) is 9.59 Å². The van der Waals surface area contributed by atoms with Gasteiger partial charge in [-0.2, -0.15) is 0 Å². The highest BCUT2D eigenvalue weighted by molar-refractivity contribution is 6.31. The highest BCUT2D eigenvalue weighted by Gasteiger charge is 2.17. The maximum atomic E-state index is 12.3. The fourth-order valence-electron chi connectivity index (χ4n) is 2.26. The molecule has 2 N–H and O–H groups in total. The zero-order valence-corrected chi connectivity index (χ0v) is 14.9. The number of benzene rings is 2. The fraction of sp³-hybridized carbons (Fsp3) is 0.222. The lowest BCUT2D eigenvalue weighted by molar-refractivity contribution is -0.120. The predicted molar refractivity (Wildman–Crippen MR) is 97.4 cm³/mol. The molecule has 1 unspecified atom stereocenters. The molecule has 0 radical (unpaired) electrons. The summed E-state index contributed by atoms with van der Waals surface area (Å²) in [4.78, 5) is 23.7. The van der Waals surface area contributed by atoms with Gasteiger partial charge in [-0.15, -0.1) is 0 Å². The molecule has 0 aliphatic rings. The molecule has 0 bridgehead atoms. The van der Waals surface area contributed by atoms with Gasteiger partial charge in [0.05, 0.1) is 12.5 Å². The zero-order valence-electron chi connectivity index (χ0n) is 13.4. The highest BCUT2D eigenvalue weighted by Crippen LogP contribution is 2.22. The second-order valence-corrected chi connectivity index (χ2v) is 6.36. The van der Waals surface area contributed by atoms with Crippen LogP contribution in [-0.4, -0.2) is 11.8 Å². The van der Waals surface area contributed by atoms with Crippen LogP contribution in [0.2, 0.25) is 10.0 Å². The van der Waals surface area contributed by atoms with Gasteiger partial charge in [-0.05, 0) is 42.3 Å². The number of rotatable bonds is 5. The minimum Gasteiger partial charge on any atom is -0.349 e. The molecule has 0 fully saturated rings. The smallest absolute Gasteiger partial charge is 0.226 e. The Morgan fingerprint density at radius 2 is 1.75 bits per heavy atom. The number of carbonyl (C=O) groups excluding carboxylic acids is 2. The van der Waals surface area contributed by atoms with Crippen LogP contribution >= 0.6 is 23.2 Å². The number of hydrogen-bond donors (Lipinski definition) is 2. The lowest BCUT2D eigenvalue weighted by Crippen LogP contribution is -2.29. The quantitative estimate of drug-likeness (QED) is 0.819. The molecule has 24 heavy (non-hydrogen) atoms. The van der Waals surface area contributed by atoms with Crippen LogP contribution in [0.3, 0.4) is 0 Å². The topological polar surface area (TPSA) is 58.2 Å². The lowest BCUT2D eigenvalue weighted by atomic mass is 10.0. The Morgan fingerprint density at radius 1 is 1.08 bits per heavy atom. The van der Waals surface area contributed by atoms with E-state index in [0.717, 1.165) is 11.1 Å². The minimum atomic E-state index is -0.430. The molecule has 0 aliphatic carbocycles. The molecular weight excluding hydrogens is 347 g/mol. The van der Waals surface area contributed by atoms with Crippen molar-refractivity contribution in [3.05, 3.63) is 63.6 Å². The number of nitrogens with one attached hydrogen (secondary N) is 2. The Balaban J connectivity index is 2.10. The molecule has 4 nitrogen and oxygen atoms in total. The van der Waals surface area contributed by atoms with E-state index >= 15 is 0 Å². The first-order valence-electron chi connectivity index (χ1n) is 7.43. The molecule has 2 rings (SSSR count). The van der Waals surface area contributed by atoms with Crippen molar-refractivity contribution in [2.75, 3.05) is 5.32 Å². The van der Waals surface area contributed by atoms with E-state index in [2.05, 4.69) is 10.6 Å². The first-order valence-corrected chi connectivity index (χ1v) is 8.19. The number of carbonyl (C=O) groups is 2. The van der Waals surface area contributed by atoms with Gasteiger partial charge in [0.15, 0.2) is 0 Å². The molecule has 126 valence electrons. The molecule has 0 aromatic heterocycles. The van der Waals surface area contributed by atoms with Crippen LogP contribution < -0.4 is 10.6 Å². The second kappa shape index (κ2) is 8.18. The fourth-order valence-corrected chi connectivity index (χ4v) is 2.57. The molecule has 1 atom stereocenters. The number of amides is 2. The largest absolute Gasteiger partial charge is 0.349 e. The third kappa shape index (κ3) is 5.25. The number of halogens is 2. The van der Waals surface area contributed by atoms with E-state index in [9.17, 15) is 9.59 Å². The van der Waals surface area contributed by atoms with E-state index in [1.807, 2.05) is 13.0 Å². The van der Waals surface area contributed by atoms with Gasteiger partial charge in [-0.1, -0.05) is 41.4 Å². The van der Waals surface area contributed by atoms with E-state index in [-0.39, 0.29) is 18.2 Å². The van der Waals surface area contributed by atoms with E-state index in [1.165, 1.54) is 6.92 Å². The third-order valence-corrected chi connectivity index (χ3v) is 4.15. The Labute approximate surface area is 151 Å². The summed E-state index contributed by atoms with van der Waals surface area (Å²) >= 11 is 11.9. The first kappa shape index (κ1) is 18.3. The van der Waals surface area contributed by atoms with Gasteiger partial charge in [0.25, 0.3) is 0 Å². The van der Waals surface area contributed by atoms with Crippen LogP contribution in [0.1, 0.15) is 30.5 Å². The zero-order chi connectivity index (χ0) is 17.7. The monoisotopic (exact) mass is 364 g/mol. The Hall–Kier alpha value is -2.04. The molecule has 2 amide bonds. The summed E-state index contributed by atoms with van der Waals surface area (Å²) in [6.07, 6.45) is 0.104. The third-order valence-electron chi connectivity index (χ3n) is 3.49. The minimum absolute atomic E-state index is 0.104. The Kier molecular flexibility index (Phi) is 6.23. The SMILES string of the molecule is CC(=O)NC(CC(=O)Nc1ccc(C)c(Cl)c1)c1ccc(Cl)cc1. The predicted octanol–water partition coefficient (Wildman–Crippen LogP) is 4.51. The van der Waals surface area contributed by atoms with Crippen molar-refractivity contribution in [1.82, 2.24) is 5.32 Å². The van der Waals surface area contributed by atoms with Crippen molar-refractivity contribution in [3.63, 3.8) is 0 Å². The lowest BCUT2D eigenvalue weighted by Gasteiger charge is -2.18. The van der Waals surface area contributed by atoms with Crippen molar-refractivity contribution in [1.29, 1.82) is 0 Å². The maximum Gasteiger partial charge on any atom is 0.226 e. The highest BCUT2D eigenvalue weighted by atomic mass is 35.5. The van der Waals surface area contributed by atoms with Crippen LogP contribution in [0.15, 0.2) is 42.5 Å². The number of anilines is 1. The van der Waals surface area contributed by atoms with Crippen molar-refractivity contribution in [2.45, 2.75) is 26.3 Å². The Morgan fingerprint density at radius 3 is 2.33 bits per heavy atom. The molecular formula is C18H18Cl2N2O2. The van der Waals surface area contributed by atoms with Gasteiger partial charge in [0.2, 0.25) is 11.8 Å². The molecule has 0 saturated heterocycles. The maximum absolute atomic E-state index is 12.3. The molecule has 0 aliphatic heterocycles. The van der Waals surface area contributed by atoms with Gasteiger partial charge >= 0.3 is 0 Å². The summed E-state index contributed by atoms with van der Waals surface area (Å²) in [6.45, 7) is 3.31. The molecule has 0 saturated carbocycles. The average Bonchev–Trinajstić information content (AvgIpc) is 2.50. The average molecular weight is 365 g/mol. The number of hydrogen-bond acceptors (Lipinski definition) is 2. The summed E-state index contributed by atoms with van der Waals surface area (Å²) in [5.74, 6) is -0.426. The van der Waals surface area contributed by atoms with E-state index in [0.29, 0.717) is 15.7 Å². The molecule has 0 heterocycles. The van der Waals surface area contributed by atoms with Crippen molar-refractivity contribution in [3.8, 4) is 0 Å². The summed E-state index contributed by atoms with van der Waals surface area (Å²) in [5, 5.41) is 6.76. The van der Waals surface area contributed by atoms with E-state index in [4.69, 9.17) is 23.2 Å². The van der Waals surface area contributed by atoms with E-state index in [1.54, 1.807) is 36.4 Å². The van der Waals surface area contributed by atoms with Crippen molar-refractivity contribution in [2.24, 2.45) is 0 Å². The van der Waals surface area contributed by atoms with Crippen LogP contribution in [0, 0.1) is 6.92 Å². The van der Waals surface area contributed by atoms with Crippen LogP contribution in [0.4, 0.5) is 5.69 Å². The van der Waals surface area contributed by atoms with Gasteiger partial charge in [0, 0.05) is 22.7 Å². The summed E-state index contributed by atoms with van der Waals surface area (Å²) < 4.78 is 0. The molecule has 2 aromatic rings. The van der Waals surface area contributed by atoms with Crippen molar-refractivity contribution < 1.29 is 9.59 Å². The normalized spacial score (nSPS) is 11.7. The van der Waals surface area contributed by atoms with Gasteiger partial charge in [0.1, 0.15) is 0 Å². The second-order valence-electron chi connectivity index (χ2n) is 5.52. The molecule has 2 aromatic carbocycles.